The highest BCUT2D eigenvalue weighted by atomic mass is 16.3. The van der Waals surface area contributed by atoms with Gasteiger partial charge in [0, 0.05) is 43.9 Å². The number of hydrogen-bond donors (Lipinski definition) is 2. The first-order valence-electron chi connectivity index (χ1n) is 9.21. The Balaban J connectivity index is 1.79. The number of rotatable bonds is 3. The molecule has 0 saturated heterocycles. The highest BCUT2D eigenvalue weighted by molar-refractivity contribution is 6.08. The van der Waals surface area contributed by atoms with Crippen molar-refractivity contribution in [2.24, 2.45) is 5.92 Å². The summed E-state index contributed by atoms with van der Waals surface area (Å²) in [4.78, 5) is 29.1. The molecular weight excluding hydrogens is 330 g/mol. The van der Waals surface area contributed by atoms with Crippen LogP contribution in [0.25, 0.3) is 5.57 Å². The maximum absolute atomic E-state index is 12.8. The maximum Gasteiger partial charge on any atom is 0.261 e. The van der Waals surface area contributed by atoms with Crippen molar-refractivity contribution in [1.29, 1.82) is 0 Å². The molecule has 1 aliphatic carbocycles. The second kappa shape index (κ2) is 5.93. The van der Waals surface area contributed by atoms with E-state index >= 15 is 0 Å². The van der Waals surface area contributed by atoms with Gasteiger partial charge in [-0.15, -0.1) is 0 Å². The van der Waals surface area contributed by atoms with Crippen LogP contribution in [0.15, 0.2) is 24.3 Å². The number of aliphatic hydroxyl groups is 1. The van der Waals surface area contributed by atoms with Gasteiger partial charge in [-0.2, -0.15) is 0 Å². The zero-order chi connectivity index (χ0) is 18.6. The van der Waals surface area contributed by atoms with Crippen LogP contribution in [0.3, 0.4) is 0 Å². The van der Waals surface area contributed by atoms with E-state index in [1.54, 1.807) is 4.90 Å². The molecule has 1 aromatic carbocycles. The Bertz CT molecular complexity index is 819. The Morgan fingerprint density at radius 2 is 2.23 bits per heavy atom. The minimum atomic E-state index is -1.49. The molecule has 0 aromatic heterocycles. The Labute approximate surface area is 153 Å². The molecule has 2 amide bonds. The van der Waals surface area contributed by atoms with Crippen LogP contribution in [0.5, 0.6) is 0 Å². The molecule has 4 rings (SSSR count). The van der Waals surface area contributed by atoms with E-state index in [0.29, 0.717) is 24.2 Å². The molecule has 0 radical (unpaired) electrons. The van der Waals surface area contributed by atoms with Gasteiger partial charge in [0.25, 0.3) is 5.91 Å². The Morgan fingerprint density at radius 1 is 1.46 bits per heavy atom. The van der Waals surface area contributed by atoms with Crippen molar-refractivity contribution < 1.29 is 14.7 Å². The van der Waals surface area contributed by atoms with Gasteiger partial charge in [0.05, 0.1) is 5.92 Å². The van der Waals surface area contributed by atoms with Crippen molar-refractivity contribution in [1.82, 2.24) is 9.80 Å². The largest absolute Gasteiger partial charge is 0.375 e. The third-order valence-corrected chi connectivity index (χ3v) is 5.91. The van der Waals surface area contributed by atoms with Gasteiger partial charge < -0.3 is 15.3 Å². The van der Waals surface area contributed by atoms with Gasteiger partial charge in [-0.25, -0.2) is 0 Å². The maximum atomic E-state index is 12.8. The Hall–Kier alpha value is -2.18. The first-order valence-corrected chi connectivity index (χ1v) is 9.21. The van der Waals surface area contributed by atoms with E-state index in [4.69, 9.17) is 0 Å². The molecule has 0 spiro atoms. The van der Waals surface area contributed by atoms with Crippen LogP contribution >= 0.6 is 0 Å². The first-order chi connectivity index (χ1) is 12.4. The van der Waals surface area contributed by atoms with Gasteiger partial charge in [-0.05, 0) is 30.7 Å². The second-order valence-electron chi connectivity index (χ2n) is 7.69. The smallest absolute Gasteiger partial charge is 0.261 e. The number of amides is 2. The molecular formula is C20H25N3O3. The number of nitrogens with one attached hydrogen (secondary N) is 1. The number of fused-ring (bicyclic) bond motifs is 2. The van der Waals surface area contributed by atoms with E-state index in [1.807, 2.05) is 32.3 Å². The number of benzene rings is 1. The van der Waals surface area contributed by atoms with Gasteiger partial charge in [-0.3, -0.25) is 14.5 Å². The molecule has 26 heavy (non-hydrogen) atoms. The molecule has 2 N–H and O–H groups in total. The fraction of sp³-hybridized carbons (Fsp3) is 0.500. The standard InChI is InChI=1S/C20H25N3O3/c1-4-8-22(2)18(24)12-9-14-13-6-5-7-15-17(13)20(26,19(25)21-15)10-16(14)23(3)11-12/h5-7,9,12,16,26H,4,8,10-11H2,1-3H3,(H,21,25)/t12-,16-,20-/m1/s1. The molecule has 2 heterocycles. The second-order valence-corrected chi connectivity index (χ2v) is 7.69. The van der Waals surface area contributed by atoms with Crippen molar-refractivity contribution in [3.63, 3.8) is 0 Å². The van der Waals surface area contributed by atoms with E-state index in [-0.39, 0.29) is 23.8 Å². The van der Waals surface area contributed by atoms with Crippen LogP contribution < -0.4 is 5.32 Å². The molecule has 6 heteroatoms. The number of hydrogen-bond acceptors (Lipinski definition) is 4. The van der Waals surface area contributed by atoms with E-state index in [2.05, 4.69) is 23.2 Å². The van der Waals surface area contributed by atoms with E-state index < -0.39 is 5.60 Å². The molecule has 0 unspecified atom stereocenters. The lowest BCUT2D eigenvalue weighted by Gasteiger charge is -2.44. The number of likely N-dealkylation sites (N-methyl/N-ethyl adjacent to an activating group) is 1. The van der Waals surface area contributed by atoms with Gasteiger partial charge in [-0.1, -0.05) is 25.1 Å². The van der Waals surface area contributed by atoms with Crippen LogP contribution in [0.1, 0.15) is 30.9 Å². The molecule has 3 atom stereocenters. The lowest BCUT2D eigenvalue weighted by atomic mass is 9.72. The zero-order valence-corrected chi connectivity index (χ0v) is 15.5. The van der Waals surface area contributed by atoms with Gasteiger partial charge in [0.2, 0.25) is 5.91 Å². The highest BCUT2D eigenvalue weighted by Gasteiger charge is 2.53. The predicted molar refractivity (Wildman–Crippen MR) is 99.4 cm³/mol. The average Bonchev–Trinajstić information content (AvgIpc) is 2.87. The van der Waals surface area contributed by atoms with Crippen molar-refractivity contribution in [3.8, 4) is 0 Å². The molecule has 6 nitrogen and oxygen atoms in total. The topological polar surface area (TPSA) is 72.9 Å². The summed E-state index contributed by atoms with van der Waals surface area (Å²) in [7, 11) is 3.81. The molecule has 138 valence electrons. The summed E-state index contributed by atoms with van der Waals surface area (Å²) in [5.74, 6) is -0.449. The molecule has 0 saturated carbocycles. The number of nitrogens with zero attached hydrogens (tertiary/aromatic N) is 2. The molecule has 1 aromatic rings. The molecule has 2 aliphatic heterocycles. The van der Waals surface area contributed by atoms with Crippen LogP contribution in [-0.4, -0.2) is 59.9 Å². The summed E-state index contributed by atoms with van der Waals surface area (Å²) >= 11 is 0. The van der Waals surface area contributed by atoms with Crippen molar-refractivity contribution in [3.05, 3.63) is 35.4 Å². The lowest BCUT2D eigenvalue weighted by molar-refractivity contribution is -0.137. The summed E-state index contributed by atoms with van der Waals surface area (Å²) in [6.07, 6.45) is 3.30. The summed E-state index contributed by atoms with van der Waals surface area (Å²) < 4.78 is 0. The zero-order valence-electron chi connectivity index (χ0n) is 15.5. The normalized spacial score (nSPS) is 29.5. The van der Waals surface area contributed by atoms with Gasteiger partial charge in [0.15, 0.2) is 5.60 Å². The minimum absolute atomic E-state index is 0.0767. The van der Waals surface area contributed by atoms with E-state index in [0.717, 1.165) is 24.1 Å². The average molecular weight is 355 g/mol. The van der Waals surface area contributed by atoms with Crippen molar-refractivity contribution in [2.45, 2.75) is 31.4 Å². The predicted octanol–water partition coefficient (Wildman–Crippen LogP) is 1.41. The lowest BCUT2D eigenvalue weighted by Crippen LogP contribution is -2.51. The fourth-order valence-electron chi connectivity index (χ4n) is 4.63. The third-order valence-electron chi connectivity index (χ3n) is 5.91. The molecule has 0 bridgehead atoms. The van der Waals surface area contributed by atoms with E-state index in [1.165, 1.54) is 0 Å². The van der Waals surface area contributed by atoms with Gasteiger partial charge in [0.1, 0.15) is 0 Å². The monoisotopic (exact) mass is 355 g/mol. The SMILES string of the molecule is CCCN(C)C(=O)[C@@H]1C=C2c3cccc4c3[C@](O)(C[C@H]2N(C)C1)C(=O)N4. The number of carbonyl (C=O) groups excluding carboxylic acids is 2. The highest BCUT2D eigenvalue weighted by Crippen LogP contribution is 2.51. The van der Waals surface area contributed by atoms with Crippen LogP contribution in [-0.2, 0) is 15.2 Å². The first kappa shape index (κ1) is 17.2. The quantitative estimate of drug-likeness (QED) is 0.860. The van der Waals surface area contributed by atoms with Gasteiger partial charge >= 0.3 is 0 Å². The summed E-state index contributed by atoms with van der Waals surface area (Å²) in [5.41, 5.74) is 1.77. The molecule has 3 aliphatic rings. The van der Waals surface area contributed by atoms with Crippen LogP contribution in [0, 0.1) is 5.92 Å². The van der Waals surface area contributed by atoms with Crippen LogP contribution in [0.2, 0.25) is 0 Å². The minimum Gasteiger partial charge on any atom is -0.375 e. The van der Waals surface area contributed by atoms with Crippen molar-refractivity contribution >= 4 is 23.1 Å². The molecule has 0 fully saturated rings. The number of carbonyl (C=O) groups is 2. The van der Waals surface area contributed by atoms with E-state index in [9.17, 15) is 14.7 Å². The Morgan fingerprint density at radius 3 is 2.96 bits per heavy atom. The third kappa shape index (κ3) is 2.32. The summed E-state index contributed by atoms with van der Waals surface area (Å²) in [6.45, 7) is 3.39. The summed E-state index contributed by atoms with van der Waals surface area (Å²) in [5, 5.41) is 13.9. The van der Waals surface area contributed by atoms with Crippen LogP contribution in [0.4, 0.5) is 5.69 Å². The van der Waals surface area contributed by atoms with Crippen molar-refractivity contribution in [2.75, 3.05) is 32.5 Å². The summed E-state index contributed by atoms with van der Waals surface area (Å²) in [6, 6.07) is 5.57. The Kier molecular flexibility index (Phi) is 3.93. The number of anilines is 1. The fourth-order valence-corrected chi connectivity index (χ4v) is 4.63.